The molecule has 2 aromatic heterocycles. The van der Waals surface area contributed by atoms with Gasteiger partial charge in [-0.15, -0.1) is 5.10 Å². The Morgan fingerprint density at radius 1 is 1.03 bits per heavy atom. The van der Waals surface area contributed by atoms with Crippen molar-refractivity contribution in [2.24, 2.45) is 5.92 Å². The molecule has 4 rings (SSSR count). The number of carbonyl (C=O) groups is 2. The molecule has 8 nitrogen and oxygen atoms in total. The largest absolute Gasteiger partial charge is 0.354 e. The van der Waals surface area contributed by atoms with Crippen molar-refractivity contribution in [3.8, 4) is 0 Å². The van der Waals surface area contributed by atoms with Crippen LogP contribution in [0.1, 0.15) is 43.0 Å². The molecule has 8 heteroatoms. The molecule has 2 aromatic carbocycles. The molecule has 186 valence electrons. The number of nitrogens with one attached hydrogen (secondary N) is 1. The number of aromatic nitrogens is 4. The molecule has 1 N–H and O–H groups in total. The van der Waals surface area contributed by atoms with Crippen LogP contribution in [0.5, 0.6) is 0 Å². The number of nitrogens with zero attached hydrogens (tertiary/aromatic N) is 5. The number of amides is 2. The van der Waals surface area contributed by atoms with Crippen molar-refractivity contribution >= 4 is 28.5 Å². The first-order valence-corrected chi connectivity index (χ1v) is 12.2. The summed E-state index contributed by atoms with van der Waals surface area (Å²) in [6, 6.07) is 16.1. The molecule has 4 aromatic rings. The molecule has 0 radical (unpaired) electrons. The van der Waals surface area contributed by atoms with E-state index < -0.39 is 6.04 Å². The second-order valence-corrected chi connectivity index (χ2v) is 9.51. The van der Waals surface area contributed by atoms with Crippen molar-refractivity contribution in [2.45, 2.75) is 46.7 Å². The Bertz CT molecular complexity index is 1330. The monoisotopic (exact) mass is 484 g/mol. The predicted molar refractivity (Wildman–Crippen MR) is 140 cm³/mol. The van der Waals surface area contributed by atoms with E-state index in [1.165, 1.54) is 0 Å². The third kappa shape index (κ3) is 5.76. The van der Waals surface area contributed by atoms with E-state index in [4.69, 9.17) is 0 Å². The van der Waals surface area contributed by atoms with E-state index in [2.05, 4.69) is 34.5 Å². The van der Waals surface area contributed by atoms with Crippen LogP contribution in [0, 0.1) is 19.8 Å². The van der Waals surface area contributed by atoms with Crippen LogP contribution < -0.4 is 10.2 Å². The molecular formula is C28H32N6O2. The molecule has 36 heavy (non-hydrogen) atoms. The molecule has 0 aliphatic rings. The number of benzene rings is 2. The van der Waals surface area contributed by atoms with E-state index in [9.17, 15) is 9.59 Å². The maximum Gasteiger partial charge on any atom is 0.249 e. The summed E-state index contributed by atoms with van der Waals surface area (Å²) in [5.74, 6) is -0.0805. The number of fused-ring (bicyclic) bond motifs is 1. The number of anilines is 1. The maximum atomic E-state index is 14.0. The summed E-state index contributed by atoms with van der Waals surface area (Å²) in [5.41, 5.74) is 4.74. The first-order chi connectivity index (χ1) is 17.3. The summed E-state index contributed by atoms with van der Waals surface area (Å²) < 4.78 is 1.57. The van der Waals surface area contributed by atoms with Gasteiger partial charge in [-0.3, -0.25) is 19.5 Å². The molecule has 0 saturated heterocycles. The third-order valence-electron chi connectivity index (χ3n) is 5.99. The molecular weight excluding hydrogens is 452 g/mol. The van der Waals surface area contributed by atoms with Gasteiger partial charge in [0.1, 0.15) is 18.1 Å². The van der Waals surface area contributed by atoms with Gasteiger partial charge in [0.05, 0.1) is 5.52 Å². The maximum absolute atomic E-state index is 14.0. The first kappa shape index (κ1) is 25.0. The SMILES string of the molecule is Cc1cc(C)cc(N(C(=O)Cn2nnc3ccccc32)[C@H](C(=O)NCCC(C)C)c2cccnc2)c1. The zero-order valence-corrected chi connectivity index (χ0v) is 21.2. The molecule has 0 saturated carbocycles. The van der Waals surface area contributed by atoms with Crippen LogP contribution >= 0.6 is 0 Å². The number of hydrogen-bond donors (Lipinski definition) is 1. The van der Waals surface area contributed by atoms with Crippen molar-refractivity contribution in [2.75, 3.05) is 11.4 Å². The van der Waals surface area contributed by atoms with Crippen molar-refractivity contribution in [1.29, 1.82) is 0 Å². The Hall–Kier alpha value is -4.07. The highest BCUT2D eigenvalue weighted by Crippen LogP contribution is 2.30. The molecule has 2 amide bonds. The highest BCUT2D eigenvalue weighted by atomic mass is 16.2. The standard InChI is InChI=1S/C28H32N6O2/c1-19(2)11-13-30-28(36)27(22-8-7-12-29-17-22)34(23-15-20(3)14-21(4)16-23)26(35)18-33-25-10-6-5-9-24(25)31-32-33/h5-10,12,14-17,19,27H,11,13,18H2,1-4H3,(H,30,36)/t27-/m0/s1. The van der Waals surface area contributed by atoms with Gasteiger partial charge in [0.15, 0.2) is 0 Å². The topological polar surface area (TPSA) is 93.0 Å². The summed E-state index contributed by atoms with van der Waals surface area (Å²) >= 11 is 0. The lowest BCUT2D eigenvalue weighted by atomic mass is 10.0. The Kier molecular flexibility index (Phi) is 7.73. The minimum Gasteiger partial charge on any atom is -0.354 e. The van der Waals surface area contributed by atoms with Crippen LogP contribution in [0.2, 0.25) is 0 Å². The smallest absolute Gasteiger partial charge is 0.249 e. The number of pyridine rings is 1. The van der Waals surface area contributed by atoms with Gasteiger partial charge in [-0.1, -0.05) is 43.3 Å². The minimum absolute atomic E-state index is 0.0659. The third-order valence-corrected chi connectivity index (χ3v) is 5.99. The summed E-state index contributed by atoms with van der Waals surface area (Å²) in [6.45, 7) is 8.63. The number of aryl methyl sites for hydroxylation is 2. The van der Waals surface area contributed by atoms with E-state index in [-0.39, 0.29) is 18.4 Å². The van der Waals surface area contributed by atoms with Crippen molar-refractivity contribution in [3.05, 3.63) is 83.7 Å². The fraction of sp³-hybridized carbons (Fsp3) is 0.321. The number of para-hydroxylation sites is 1. The fourth-order valence-electron chi connectivity index (χ4n) is 4.30. The second-order valence-electron chi connectivity index (χ2n) is 9.51. The summed E-state index contributed by atoms with van der Waals surface area (Å²) in [6.07, 6.45) is 4.14. The average molecular weight is 485 g/mol. The van der Waals surface area contributed by atoms with Gasteiger partial charge in [0.2, 0.25) is 11.8 Å². The Morgan fingerprint density at radius 2 is 1.78 bits per heavy atom. The quantitative estimate of drug-likeness (QED) is 0.381. The first-order valence-electron chi connectivity index (χ1n) is 12.2. The highest BCUT2D eigenvalue weighted by Gasteiger charge is 2.33. The fourth-order valence-corrected chi connectivity index (χ4v) is 4.30. The molecule has 0 aliphatic heterocycles. The van der Waals surface area contributed by atoms with Gasteiger partial charge in [-0.25, -0.2) is 4.68 Å². The van der Waals surface area contributed by atoms with Gasteiger partial charge in [0, 0.05) is 30.2 Å². The van der Waals surface area contributed by atoms with Gasteiger partial charge in [-0.2, -0.15) is 0 Å². The highest BCUT2D eigenvalue weighted by molar-refractivity contribution is 6.01. The van der Waals surface area contributed by atoms with Crippen LogP contribution in [-0.2, 0) is 16.1 Å². The minimum atomic E-state index is -0.894. The van der Waals surface area contributed by atoms with Gasteiger partial charge < -0.3 is 5.32 Å². The molecule has 0 bridgehead atoms. The Balaban J connectivity index is 1.77. The Morgan fingerprint density at radius 3 is 2.47 bits per heavy atom. The lowest BCUT2D eigenvalue weighted by molar-refractivity contribution is -0.127. The van der Waals surface area contributed by atoms with E-state index in [1.807, 2.05) is 62.4 Å². The number of carbonyl (C=O) groups excluding carboxylic acids is 2. The summed E-state index contributed by atoms with van der Waals surface area (Å²) in [5, 5.41) is 11.4. The van der Waals surface area contributed by atoms with Crippen LogP contribution in [0.15, 0.2) is 67.0 Å². The summed E-state index contributed by atoms with van der Waals surface area (Å²) in [7, 11) is 0. The van der Waals surface area contributed by atoms with E-state index in [0.29, 0.717) is 29.2 Å². The van der Waals surface area contributed by atoms with E-state index in [0.717, 1.165) is 23.1 Å². The summed E-state index contributed by atoms with van der Waals surface area (Å²) in [4.78, 5) is 33.5. The molecule has 0 unspecified atom stereocenters. The molecule has 0 spiro atoms. The second kappa shape index (κ2) is 11.1. The van der Waals surface area contributed by atoms with Crippen molar-refractivity contribution < 1.29 is 9.59 Å². The van der Waals surface area contributed by atoms with E-state index in [1.54, 1.807) is 28.0 Å². The zero-order valence-electron chi connectivity index (χ0n) is 21.2. The lowest BCUT2D eigenvalue weighted by Gasteiger charge is -2.32. The zero-order chi connectivity index (χ0) is 25.7. The van der Waals surface area contributed by atoms with Crippen molar-refractivity contribution in [1.82, 2.24) is 25.3 Å². The number of hydrogen-bond acceptors (Lipinski definition) is 5. The van der Waals surface area contributed by atoms with Gasteiger partial charge in [-0.05, 0) is 67.6 Å². The lowest BCUT2D eigenvalue weighted by Crippen LogP contribution is -2.45. The van der Waals surface area contributed by atoms with Gasteiger partial charge >= 0.3 is 0 Å². The molecule has 2 heterocycles. The number of rotatable bonds is 9. The normalized spacial score (nSPS) is 12.0. The average Bonchev–Trinajstić information content (AvgIpc) is 3.24. The van der Waals surface area contributed by atoms with Crippen LogP contribution in [0.3, 0.4) is 0 Å². The predicted octanol–water partition coefficient (Wildman–Crippen LogP) is 4.38. The Labute approximate surface area is 211 Å². The van der Waals surface area contributed by atoms with E-state index >= 15 is 0 Å². The molecule has 1 atom stereocenters. The van der Waals surface area contributed by atoms with Gasteiger partial charge in [0.25, 0.3) is 0 Å². The molecule has 0 fully saturated rings. The van der Waals surface area contributed by atoms with Crippen LogP contribution in [0.4, 0.5) is 5.69 Å². The van der Waals surface area contributed by atoms with Crippen molar-refractivity contribution in [3.63, 3.8) is 0 Å². The van der Waals surface area contributed by atoms with Crippen LogP contribution in [-0.4, -0.2) is 38.3 Å². The van der Waals surface area contributed by atoms with Crippen LogP contribution in [0.25, 0.3) is 11.0 Å². The molecule has 0 aliphatic carbocycles.